The summed E-state index contributed by atoms with van der Waals surface area (Å²) in [4.78, 5) is 81.3. The molecule has 34 heavy (non-hydrogen) atoms. The minimum Gasteiger partial charge on any atom is -0.481 e. The number of carbonyl (C=O) groups is 7. The summed E-state index contributed by atoms with van der Waals surface area (Å²) >= 11 is 1.42. The zero-order valence-corrected chi connectivity index (χ0v) is 19.0. The van der Waals surface area contributed by atoms with E-state index >= 15 is 0 Å². The van der Waals surface area contributed by atoms with Gasteiger partial charge in [-0.25, -0.2) is 4.79 Å². The maximum absolute atomic E-state index is 12.7. The summed E-state index contributed by atoms with van der Waals surface area (Å²) in [5, 5.41) is 41.9. The highest BCUT2D eigenvalue weighted by Gasteiger charge is 2.32. The lowest BCUT2D eigenvalue weighted by molar-refractivity contribution is -0.148. The van der Waals surface area contributed by atoms with Crippen LogP contribution in [0.3, 0.4) is 0 Å². The smallest absolute Gasteiger partial charge is 0.326 e. The summed E-state index contributed by atoms with van der Waals surface area (Å²) in [5.74, 6) is -8.77. The lowest BCUT2D eigenvalue weighted by Crippen LogP contribution is -2.57. The SMILES string of the molecule is CSCCC(N)C(=O)NC(CCC(=O)O)C(=O)NC(CC(=O)O)C(=O)NC(CC(=O)O)C(=O)O. The fourth-order valence-electron chi connectivity index (χ4n) is 2.49. The minimum absolute atomic E-state index is 0.254. The molecule has 0 aliphatic rings. The van der Waals surface area contributed by atoms with Gasteiger partial charge in [0.25, 0.3) is 0 Å². The second kappa shape index (κ2) is 15.4. The van der Waals surface area contributed by atoms with Crippen molar-refractivity contribution in [3.63, 3.8) is 0 Å². The van der Waals surface area contributed by atoms with Crippen LogP contribution in [0, 0.1) is 0 Å². The van der Waals surface area contributed by atoms with Gasteiger partial charge < -0.3 is 42.1 Å². The molecule has 0 spiro atoms. The molecule has 3 amide bonds. The van der Waals surface area contributed by atoms with Crippen LogP contribution in [0.4, 0.5) is 0 Å². The minimum atomic E-state index is -1.91. The second-order valence-corrected chi connectivity index (χ2v) is 8.02. The molecule has 9 N–H and O–H groups in total. The molecule has 0 saturated carbocycles. The Morgan fingerprint density at radius 1 is 0.706 bits per heavy atom. The van der Waals surface area contributed by atoms with E-state index in [1.165, 1.54) is 11.8 Å². The number of carboxylic acid groups (broad SMARTS) is 4. The molecule has 0 bridgehead atoms. The van der Waals surface area contributed by atoms with Crippen molar-refractivity contribution in [1.82, 2.24) is 16.0 Å². The Kier molecular flexibility index (Phi) is 13.9. The topological polar surface area (TPSA) is 263 Å². The quantitative estimate of drug-likeness (QED) is 0.100. The first-order valence-electron chi connectivity index (χ1n) is 9.82. The van der Waals surface area contributed by atoms with Crippen molar-refractivity contribution >= 4 is 53.4 Å². The van der Waals surface area contributed by atoms with Gasteiger partial charge in [0, 0.05) is 6.42 Å². The number of nitrogens with one attached hydrogen (secondary N) is 3. The zero-order chi connectivity index (χ0) is 26.4. The normalized spacial score (nSPS) is 14.1. The summed E-state index contributed by atoms with van der Waals surface area (Å²) in [6, 6.07) is -6.27. The summed E-state index contributed by atoms with van der Waals surface area (Å²) in [7, 11) is 0. The molecule has 4 unspecified atom stereocenters. The van der Waals surface area contributed by atoms with E-state index in [0.29, 0.717) is 5.75 Å². The Morgan fingerprint density at radius 3 is 1.65 bits per heavy atom. The van der Waals surface area contributed by atoms with Crippen LogP contribution in [0.5, 0.6) is 0 Å². The number of hydrogen-bond donors (Lipinski definition) is 8. The van der Waals surface area contributed by atoms with Crippen molar-refractivity contribution in [2.75, 3.05) is 12.0 Å². The molecule has 0 fully saturated rings. The summed E-state index contributed by atoms with van der Waals surface area (Å²) < 4.78 is 0. The maximum atomic E-state index is 12.7. The molecule has 16 heteroatoms. The van der Waals surface area contributed by atoms with Crippen LogP contribution >= 0.6 is 11.8 Å². The number of carbonyl (C=O) groups excluding carboxylic acids is 3. The Balaban J connectivity index is 5.56. The molecule has 4 atom stereocenters. The molecule has 0 aromatic carbocycles. The third kappa shape index (κ3) is 12.6. The predicted octanol–water partition coefficient (Wildman–Crippen LogP) is -2.58. The summed E-state index contributed by atoms with van der Waals surface area (Å²) in [5.41, 5.74) is 5.73. The van der Waals surface area contributed by atoms with Gasteiger partial charge in [-0.15, -0.1) is 0 Å². The molecule has 0 aliphatic carbocycles. The van der Waals surface area contributed by atoms with E-state index in [2.05, 4.69) is 5.32 Å². The predicted molar refractivity (Wildman–Crippen MR) is 116 cm³/mol. The van der Waals surface area contributed by atoms with E-state index in [1.807, 2.05) is 10.6 Å². The number of carboxylic acids is 4. The van der Waals surface area contributed by atoms with E-state index in [4.69, 9.17) is 26.2 Å². The highest BCUT2D eigenvalue weighted by atomic mass is 32.2. The fraction of sp³-hybridized carbons (Fsp3) is 0.611. The van der Waals surface area contributed by atoms with Gasteiger partial charge in [-0.1, -0.05) is 0 Å². The highest BCUT2D eigenvalue weighted by molar-refractivity contribution is 7.98. The summed E-state index contributed by atoms with van der Waals surface area (Å²) in [6.07, 6.45) is -0.963. The van der Waals surface area contributed by atoms with E-state index in [9.17, 15) is 33.6 Å². The van der Waals surface area contributed by atoms with Crippen molar-refractivity contribution in [3.8, 4) is 0 Å². The standard InChI is InChI=1S/C18H28N4O11S/c1-34-5-4-8(19)15(29)20-9(2-3-12(23)24)16(30)21-10(6-13(25)26)17(31)22-11(18(32)33)7-14(27)28/h8-11H,2-7,19H2,1H3,(H,20,29)(H,21,30)(H,22,31)(H,23,24)(H,25,26)(H,27,28)(H,32,33). The van der Waals surface area contributed by atoms with Crippen LogP contribution in [0.2, 0.25) is 0 Å². The van der Waals surface area contributed by atoms with Gasteiger partial charge in [0.2, 0.25) is 17.7 Å². The molecule has 0 aliphatic heterocycles. The second-order valence-electron chi connectivity index (χ2n) is 7.04. The maximum Gasteiger partial charge on any atom is 0.326 e. The Labute approximate surface area is 197 Å². The third-order valence-corrected chi connectivity index (χ3v) is 4.90. The fourth-order valence-corrected chi connectivity index (χ4v) is 2.98. The highest BCUT2D eigenvalue weighted by Crippen LogP contribution is 2.05. The van der Waals surface area contributed by atoms with Gasteiger partial charge in [0.05, 0.1) is 18.9 Å². The molecule has 0 saturated heterocycles. The van der Waals surface area contributed by atoms with E-state index in [1.54, 1.807) is 6.26 Å². The first-order valence-corrected chi connectivity index (χ1v) is 11.2. The van der Waals surface area contributed by atoms with Crippen molar-refractivity contribution in [1.29, 1.82) is 0 Å². The average molecular weight is 509 g/mol. The van der Waals surface area contributed by atoms with E-state index in [0.717, 1.165) is 0 Å². The monoisotopic (exact) mass is 508 g/mol. The van der Waals surface area contributed by atoms with Crippen molar-refractivity contribution in [2.45, 2.75) is 56.3 Å². The number of hydrogen-bond acceptors (Lipinski definition) is 9. The van der Waals surface area contributed by atoms with Gasteiger partial charge >= 0.3 is 23.9 Å². The van der Waals surface area contributed by atoms with Gasteiger partial charge in [-0.3, -0.25) is 28.8 Å². The zero-order valence-electron chi connectivity index (χ0n) is 18.2. The Morgan fingerprint density at radius 2 is 1.18 bits per heavy atom. The molecular weight excluding hydrogens is 480 g/mol. The molecule has 0 aromatic heterocycles. The van der Waals surface area contributed by atoms with Crippen LogP contribution in [0.15, 0.2) is 0 Å². The lowest BCUT2D eigenvalue weighted by Gasteiger charge is -2.24. The van der Waals surface area contributed by atoms with Gasteiger partial charge in [0.15, 0.2) is 0 Å². The largest absolute Gasteiger partial charge is 0.481 e. The first-order chi connectivity index (χ1) is 15.8. The van der Waals surface area contributed by atoms with Crippen molar-refractivity contribution in [3.05, 3.63) is 0 Å². The Bertz CT molecular complexity index is 792. The molecule has 15 nitrogen and oxygen atoms in total. The van der Waals surface area contributed by atoms with E-state index < -0.39 is 91.4 Å². The molecule has 0 radical (unpaired) electrons. The van der Waals surface area contributed by atoms with Crippen molar-refractivity contribution < 1.29 is 54.0 Å². The lowest BCUT2D eigenvalue weighted by atomic mass is 10.1. The molecule has 192 valence electrons. The number of nitrogens with two attached hydrogens (primary N) is 1. The van der Waals surface area contributed by atoms with Gasteiger partial charge in [-0.2, -0.15) is 11.8 Å². The van der Waals surface area contributed by atoms with E-state index in [-0.39, 0.29) is 6.42 Å². The number of amides is 3. The number of thioether (sulfide) groups is 1. The van der Waals surface area contributed by atoms with Crippen LogP contribution in [-0.4, -0.2) is 98.2 Å². The molecule has 0 aromatic rings. The van der Waals surface area contributed by atoms with Crippen molar-refractivity contribution in [2.24, 2.45) is 5.73 Å². The van der Waals surface area contributed by atoms with Gasteiger partial charge in [-0.05, 0) is 24.9 Å². The summed E-state index contributed by atoms with van der Waals surface area (Å²) in [6.45, 7) is 0. The molecule has 0 heterocycles. The van der Waals surface area contributed by atoms with Crippen LogP contribution in [-0.2, 0) is 33.6 Å². The first kappa shape index (κ1) is 30.6. The van der Waals surface area contributed by atoms with Crippen LogP contribution < -0.4 is 21.7 Å². The average Bonchev–Trinajstić information content (AvgIpc) is 2.72. The third-order valence-electron chi connectivity index (χ3n) is 4.25. The van der Waals surface area contributed by atoms with Gasteiger partial charge in [0.1, 0.15) is 18.1 Å². The molecular formula is C18H28N4O11S. The number of aliphatic carboxylic acids is 4. The van der Waals surface area contributed by atoms with Crippen LogP contribution in [0.1, 0.15) is 32.1 Å². The number of rotatable bonds is 17. The van der Waals surface area contributed by atoms with Crippen LogP contribution in [0.25, 0.3) is 0 Å². The Hall–Kier alpha value is -3.40. The molecule has 0 rings (SSSR count).